The standard InChI is InChI=1S/C26H28N4O4/c1-30(17-7-10-22-18-23(28-33-22)19-8-4-3-5-9-19)25(31)12-6-11-24-27-26(29-34-24)20-13-15-21(32-2)16-14-20/h3-5,8-9,13-16,18H,6-7,10-12,17H2,1-2H3. The van der Waals surface area contributed by atoms with Gasteiger partial charge in [0.2, 0.25) is 17.6 Å². The van der Waals surface area contributed by atoms with Crippen LogP contribution in [-0.4, -0.2) is 46.8 Å². The summed E-state index contributed by atoms with van der Waals surface area (Å²) < 4.78 is 15.9. The molecule has 0 N–H and O–H groups in total. The van der Waals surface area contributed by atoms with Gasteiger partial charge in [0.05, 0.1) is 7.11 Å². The fourth-order valence-electron chi connectivity index (χ4n) is 3.59. The number of benzene rings is 2. The summed E-state index contributed by atoms with van der Waals surface area (Å²) >= 11 is 0. The van der Waals surface area contributed by atoms with Crippen LogP contribution >= 0.6 is 0 Å². The van der Waals surface area contributed by atoms with E-state index < -0.39 is 0 Å². The molecule has 2 aromatic carbocycles. The predicted octanol–water partition coefficient (Wildman–Crippen LogP) is 4.81. The van der Waals surface area contributed by atoms with Crippen molar-refractivity contribution in [3.05, 3.63) is 72.3 Å². The number of aromatic nitrogens is 3. The monoisotopic (exact) mass is 460 g/mol. The lowest BCUT2D eigenvalue weighted by Gasteiger charge is -2.16. The molecule has 34 heavy (non-hydrogen) atoms. The molecule has 0 aliphatic heterocycles. The van der Waals surface area contributed by atoms with Crippen LogP contribution in [0.5, 0.6) is 5.75 Å². The van der Waals surface area contributed by atoms with Crippen LogP contribution in [0.25, 0.3) is 22.6 Å². The number of amides is 1. The molecule has 0 saturated heterocycles. The summed E-state index contributed by atoms with van der Waals surface area (Å²) in [7, 11) is 3.45. The molecule has 1 amide bonds. The Bertz CT molecular complexity index is 1190. The third-order valence-corrected chi connectivity index (χ3v) is 5.57. The van der Waals surface area contributed by atoms with Gasteiger partial charge in [0, 0.05) is 50.0 Å². The molecule has 4 rings (SSSR count). The topological polar surface area (TPSA) is 94.5 Å². The van der Waals surface area contributed by atoms with Gasteiger partial charge in [-0.3, -0.25) is 4.79 Å². The highest BCUT2D eigenvalue weighted by atomic mass is 16.5. The molecule has 0 spiro atoms. The van der Waals surface area contributed by atoms with E-state index in [1.807, 2.05) is 67.7 Å². The number of hydrogen-bond donors (Lipinski definition) is 0. The zero-order valence-electron chi connectivity index (χ0n) is 19.4. The Morgan fingerprint density at radius 3 is 2.50 bits per heavy atom. The van der Waals surface area contributed by atoms with E-state index in [1.54, 1.807) is 12.0 Å². The summed E-state index contributed by atoms with van der Waals surface area (Å²) in [6.45, 7) is 0.655. The Hall–Kier alpha value is -3.94. The molecule has 4 aromatic rings. The number of rotatable bonds is 11. The second-order valence-corrected chi connectivity index (χ2v) is 8.06. The average molecular weight is 461 g/mol. The first-order chi connectivity index (χ1) is 16.6. The Kier molecular flexibility index (Phi) is 7.70. The maximum absolute atomic E-state index is 12.5. The maximum Gasteiger partial charge on any atom is 0.226 e. The molecule has 0 unspecified atom stereocenters. The van der Waals surface area contributed by atoms with Gasteiger partial charge >= 0.3 is 0 Å². The number of nitrogens with zero attached hydrogens (tertiary/aromatic N) is 4. The van der Waals surface area contributed by atoms with Gasteiger partial charge in [-0.2, -0.15) is 4.98 Å². The summed E-state index contributed by atoms with van der Waals surface area (Å²) in [5, 5.41) is 8.17. The van der Waals surface area contributed by atoms with Gasteiger partial charge in [-0.15, -0.1) is 0 Å². The number of hydrogen-bond acceptors (Lipinski definition) is 7. The summed E-state index contributed by atoms with van der Waals surface area (Å²) in [6, 6.07) is 19.4. The minimum absolute atomic E-state index is 0.0948. The lowest BCUT2D eigenvalue weighted by molar-refractivity contribution is -0.130. The summed E-state index contributed by atoms with van der Waals surface area (Å²) in [5.74, 6) is 2.75. The summed E-state index contributed by atoms with van der Waals surface area (Å²) in [6.07, 6.45) is 3.17. The van der Waals surface area contributed by atoms with Crippen molar-refractivity contribution in [2.45, 2.75) is 32.1 Å². The van der Waals surface area contributed by atoms with Crippen LogP contribution in [-0.2, 0) is 17.6 Å². The van der Waals surface area contributed by atoms with Gasteiger partial charge in [0.1, 0.15) is 17.2 Å². The summed E-state index contributed by atoms with van der Waals surface area (Å²) in [4.78, 5) is 18.6. The fraction of sp³-hybridized carbons (Fsp3) is 0.308. The van der Waals surface area contributed by atoms with Gasteiger partial charge in [0.15, 0.2) is 0 Å². The van der Waals surface area contributed by atoms with Crippen LogP contribution in [0.1, 0.15) is 30.9 Å². The molecule has 0 atom stereocenters. The number of ether oxygens (including phenoxy) is 1. The average Bonchev–Trinajstić information content (AvgIpc) is 3.55. The van der Waals surface area contributed by atoms with Gasteiger partial charge in [-0.05, 0) is 37.1 Å². The number of aryl methyl sites for hydroxylation is 2. The third kappa shape index (κ3) is 6.10. The normalized spacial score (nSPS) is 10.9. The van der Waals surface area contributed by atoms with E-state index >= 15 is 0 Å². The molecular formula is C26H28N4O4. The number of methoxy groups -OCH3 is 1. The first kappa shape index (κ1) is 23.2. The minimum atomic E-state index is 0.0948. The van der Waals surface area contributed by atoms with Crippen LogP contribution in [0.4, 0.5) is 0 Å². The van der Waals surface area contributed by atoms with Gasteiger partial charge < -0.3 is 18.7 Å². The molecule has 8 nitrogen and oxygen atoms in total. The molecule has 8 heteroatoms. The molecule has 2 aromatic heterocycles. The van der Waals surface area contributed by atoms with Crippen LogP contribution in [0, 0.1) is 0 Å². The quantitative estimate of drug-likeness (QED) is 0.317. The lowest BCUT2D eigenvalue weighted by atomic mass is 10.1. The predicted molar refractivity (Wildman–Crippen MR) is 127 cm³/mol. The zero-order chi connectivity index (χ0) is 23.8. The van der Waals surface area contributed by atoms with E-state index in [1.165, 1.54) is 0 Å². The third-order valence-electron chi connectivity index (χ3n) is 5.57. The molecule has 0 fully saturated rings. The first-order valence-electron chi connectivity index (χ1n) is 11.3. The second-order valence-electron chi connectivity index (χ2n) is 8.06. The van der Waals surface area contributed by atoms with Gasteiger partial charge in [0.25, 0.3) is 0 Å². The largest absolute Gasteiger partial charge is 0.497 e. The zero-order valence-corrected chi connectivity index (χ0v) is 19.4. The van der Waals surface area contributed by atoms with Crippen LogP contribution in [0.15, 0.2) is 69.7 Å². The van der Waals surface area contributed by atoms with Crippen molar-refractivity contribution in [3.8, 4) is 28.4 Å². The Morgan fingerprint density at radius 2 is 1.74 bits per heavy atom. The number of carbonyl (C=O) groups is 1. The Balaban J connectivity index is 1.17. The van der Waals surface area contributed by atoms with Gasteiger partial charge in [-0.25, -0.2) is 0 Å². The van der Waals surface area contributed by atoms with Crippen molar-refractivity contribution in [2.75, 3.05) is 20.7 Å². The van der Waals surface area contributed by atoms with Crippen molar-refractivity contribution in [2.24, 2.45) is 0 Å². The molecule has 0 aliphatic rings. The molecule has 0 bridgehead atoms. The van der Waals surface area contributed by atoms with Crippen molar-refractivity contribution in [3.63, 3.8) is 0 Å². The highest BCUT2D eigenvalue weighted by Gasteiger charge is 2.13. The Labute approximate surface area is 198 Å². The molecule has 0 radical (unpaired) electrons. The highest BCUT2D eigenvalue weighted by Crippen LogP contribution is 2.21. The van der Waals surface area contributed by atoms with Crippen LogP contribution in [0.2, 0.25) is 0 Å². The van der Waals surface area contributed by atoms with Crippen LogP contribution in [0.3, 0.4) is 0 Å². The SMILES string of the molecule is COc1ccc(-c2noc(CCCC(=O)N(C)CCCc3cc(-c4ccccc4)no3)n2)cc1. The van der Waals surface area contributed by atoms with E-state index in [2.05, 4.69) is 15.3 Å². The van der Waals surface area contributed by atoms with Crippen LogP contribution < -0.4 is 4.74 Å². The maximum atomic E-state index is 12.5. The van der Waals surface area contributed by atoms with Gasteiger partial charge in [-0.1, -0.05) is 40.6 Å². The van der Waals surface area contributed by atoms with Crippen molar-refractivity contribution in [1.29, 1.82) is 0 Å². The first-order valence-corrected chi connectivity index (χ1v) is 11.3. The van der Waals surface area contributed by atoms with E-state index in [0.29, 0.717) is 37.5 Å². The molecule has 2 heterocycles. The van der Waals surface area contributed by atoms with Crippen molar-refractivity contribution < 1.29 is 18.6 Å². The lowest BCUT2D eigenvalue weighted by Crippen LogP contribution is -2.27. The van der Waals surface area contributed by atoms with E-state index in [4.69, 9.17) is 13.8 Å². The number of carbonyl (C=O) groups excluding carboxylic acids is 1. The Morgan fingerprint density at radius 1 is 0.941 bits per heavy atom. The van der Waals surface area contributed by atoms with E-state index in [0.717, 1.165) is 41.2 Å². The fourth-order valence-corrected chi connectivity index (χ4v) is 3.59. The smallest absolute Gasteiger partial charge is 0.226 e. The second kappa shape index (κ2) is 11.3. The minimum Gasteiger partial charge on any atom is -0.497 e. The molecule has 0 aliphatic carbocycles. The molecular weight excluding hydrogens is 432 g/mol. The van der Waals surface area contributed by atoms with E-state index in [-0.39, 0.29) is 5.91 Å². The highest BCUT2D eigenvalue weighted by molar-refractivity contribution is 5.75. The van der Waals surface area contributed by atoms with Crippen molar-refractivity contribution in [1.82, 2.24) is 20.2 Å². The summed E-state index contributed by atoms with van der Waals surface area (Å²) in [5.41, 5.74) is 2.72. The van der Waals surface area contributed by atoms with Crippen molar-refractivity contribution >= 4 is 5.91 Å². The molecule has 0 saturated carbocycles. The molecule has 176 valence electrons. The van der Waals surface area contributed by atoms with E-state index in [9.17, 15) is 4.79 Å².